The van der Waals surface area contributed by atoms with Crippen LogP contribution >= 0.6 is 11.3 Å². The van der Waals surface area contributed by atoms with E-state index in [1.165, 1.54) is 4.88 Å². The molecular formula is C18H22N2O3S. The van der Waals surface area contributed by atoms with E-state index in [0.29, 0.717) is 17.9 Å². The Balaban J connectivity index is 1.67. The van der Waals surface area contributed by atoms with Gasteiger partial charge in [-0.3, -0.25) is 9.69 Å². The number of benzene rings is 1. The molecule has 1 saturated heterocycles. The lowest BCUT2D eigenvalue weighted by molar-refractivity contribution is 0.0169. The number of carbonyl (C=O) groups is 1. The molecule has 0 aliphatic carbocycles. The molecule has 1 fully saturated rings. The van der Waals surface area contributed by atoms with Gasteiger partial charge in [-0.15, -0.1) is 11.3 Å². The van der Waals surface area contributed by atoms with Crippen LogP contribution in [0.1, 0.15) is 21.3 Å². The van der Waals surface area contributed by atoms with Crippen LogP contribution in [0.4, 0.5) is 0 Å². The second-order valence-corrected chi connectivity index (χ2v) is 6.60. The highest BCUT2D eigenvalue weighted by molar-refractivity contribution is 7.10. The fraction of sp³-hybridized carbons (Fsp3) is 0.389. The molecule has 1 aliphatic heterocycles. The van der Waals surface area contributed by atoms with Crippen LogP contribution in [0.15, 0.2) is 41.8 Å². The average Bonchev–Trinajstić information content (AvgIpc) is 3.17. The second kappa shape index (κ2) is 8.28. The Kier molecular flexibility index (Phi) is 5.85. The maximum Gasteiger partial charge on any atom is 0.251 e. The van der Waals surface area contributed by atoms with Gasteiger partial charge in [-0.05, 0) is 29.6 Å². The van der Waals surface area contributed by atoms with Gasteiger partial charge in [0.25, 0.3) is 5.91 Å². The van der Waals surface area contributed by atoms with Crippen LogP contribution in [0.2, 0.25) is 0 Å². The SMILES string of the molecule is COc1cccc(C(=O)NCC(c2cccs2)N2CCOCC2)c1. The third-order valence-corrected chi connectivity index (χ3v) is 5.12. The minimum atomic E-state index is -0.0799. The summed E-state index contributed by atoms with van der Waals surface area (Å²) in [6.07, 6.45) is 0. The van der Waals surface area contributed by atoms with Gasteiger partial charge >= 0.3 is 0 Å². The highest BCUT2D eigenvalue weighted by atomic mass is 32.1. The molecule has 1 atom stereocenters. The van der Waals surface area contributed by atoms with Crippen molar-refractivity contribution in [3.8, 4) is 5.75 Å². The second-order valence-electron chi connectivity index (χ2n) is 5.62. The predicted octanol–water partition coefficient (Wildman–Crippen LogP) is 2.56. The molecule has 3 rings (SSSR count). The molecule has 24 heavy (non-hydrogen) atoms. The monoisotopic (exact) mass is 346 g/mol. The van der Waals surface area contributed by atoms with Gasteiger partial charge in [0.2, 0.25) is 0 Å². The molecule has 5 nitrogen and oxygen atoms in total. The molecule has 0 radical (unpaired) electrons. The Morgan fingerprint density at radius 2 is 2.17 bits per heavy atom. The van der Waals surface area contributed by atoms with Crippen LogP contribution in [-0.4, -0.2) is 50.8 Å². The molecule has 1 unspecified atom stereocenters. The molecule has 6 heteroatoms. The van der Waals surface area contributed by atoms with Gasteiger partial charge in [-0.1, -0.05) is 12.1 Å². The third kappa shape index (κ3) is 4.14. The molecule has 2 heterocycles. The third-order valence-electron chi connectivity index (χ3n) is 4.15. The maximum atomic E-state index is 12.5. The summed E-state index contributed by atoms with van der Waals surface area (Å²) in [5.41, 5.74) is 0.612. The van der Waals surface area contributed by atoms with E-state index in [1.807, 2.05) is 12.1 Å². The molecule has 1 N–H and O–H groups in total. The Morgan fingerprint density at radius 3 is 2.88 bits per heavy atom. The average molecular weight is 346 g/mol. The van der Waals surface area contributed by atoms with Crippen LogP contribution < -0.4 is 10.1 Å². The summed E-state index contributed by atoms with van der Waals surface area (Å²) in [5, 5.41) is 5.14. The Bertz CT molecular complexity index is 654. The van der Waals surface area contributed by atoms with E-state index in [-0.39, 0.29) is 11.9 Å². The number of methoxy groups -OCH3 is 1. The van der Waals surface area contributed by atoms with Gasteiger partial charge in [0.1, 0.15) is 5.75 Å². The van der Waals surface area contributed by atoms with E-state index in [2.05, 4.69) is 27.7 Å². The first-order valence-corrected chi connectivity index (χ1v) is 8.93. The van der Waals surface area contributed by atoms with Crippen molar-refractivity contribution in [1.82, 2.24) is 10.2 Å². The number of amides is 1. The molecule has 1 aromatic heterocycles. The number of hydrogen-bond acceptors (Lipinski definition) is 5. The molecule has 128 valence electrons. The van der Waals surface area contributed by atoms with E-state index < -0.39 is 0 Å². The van der Waals surface area contributed by atoms with E-state index in [9.17, 15) is 4.79 Å². The number of hydrogen-bond donors (Lipinski definition) is 1. The minimum absolute atomic E-state index is 0.0799. The molecule has 1 amide bonds. The van der Waals surface area contributed by atoms with Crippen LogP contribution in [0.25, 0.3) is 0 Å². The summed E-state index contributed by atoms with van der Waals surface area (Å²) in [6.45, 7) is 3.84. The first kappa shape index (κ1) is 17.0. The van der Waals surface area contributed by atoms with Crippen LogP contribution in [0.5, 0.6) is 5.75 Å². The summed E-state index contributed by atoms with van der Waals surface area (Å²) < 4.78 is 10.6. The van der Waals surface area contributed by atoms with Gasteiger partial charge in [0, 0.05) is 30.1 Å². The topological polar surface area (TPSA) is 50.8 Å². The number of thiophene rings is 1. The Morgan fingerprint density at radius 1 is 1.33 bits per heavy atom. The number of ether oxygens (including phenoxy) is 2. The molecule has 0 spiro atoms. The maximum absolute atomic E-state index is 12.5. The number of rotatable bonds is 6. The van der Waals surface area contributed by atoms with E-state index in [0.717, 1.165) is 26.3 Å². The quantitative estimate of drug-likeness (QED) is 0.873. The van der Waals surface area contributed by atoms with Gasteiger partial charge in [0.05, 0.1) is 26.4 Å². The van der Waals surface area contributed by atoms with Gasteiger partial charge in [0.15, 0.2) is 0 Å². The number of carbonyl (C=O) groups excluding carboxylic acids is 1. The highest BCUT2D eigenvalue weighted by Crippen LogP contribution is 2.25. The fourth-order valence-electron chi connectivity index (χ4n) is 2.84. The highest BCUT2D eigenvalue weighted by Gasteiger charge is 2.24. The zero-order valence-electron chi connectivity index (χ0n) is 13.7. The van der Waals surface area contributed by atoms with Gasteiger partial charge in [-0.25, -0.2) is 0 Å². The first-order chi connectivity index (χ1) is 11.8. The molecule has 2 aromatic rings. The normalized spacial score (nSPS) is 16.5. The van der Waals surface area contributed by atoms with Crippen molar-refractivity contribution >= 4 is 17.2 Å². The van der Waals surface area contributed by atoms with Crippen LogP contribution in [0.3, 0.4) is 0 Å². The van der Waals surface area contributed by atoms with Crippen molar-refractivity contribution in [2.24, 2.45) is 0 Å². The largest absolute Gasteiger partial charge is 0.497 e. The molecule has 1 aromatic carbocycles. The van der Waals surface area contributed by atoms with Crippen molar-refractivity contribution in [3.63, 3.8) is 0 Å². The Labute approximate surface area is 146 Å². The van der Waals surface area contributed by atoms with Gasteiger partial charge < -0.3 is 14.8 Å². The van der Waals surface area contributed by atoms with Crippen molar-refractivity contribution in [3.05, 3.63) is 52.2 Å². The zero-order valence-corrected chi connectivity index (χ0v) is 14.6. The van der Waals surface area contributed by atoms with Crippen LogP contribution in [-0.2, 0) is 4.74 Å². The minimum Gasteiger partial charge on any atom is -0.497 e. The van der Waals surface area contributed by atoms with Crippen molar-refractivity contribution in [2.45, 2.75) is 6.04 Å². The number of nitrogens with zero attached hydrogens (tertiary/aromatic N) is 1. The molecular weight excluding hydrogens is 324 g/mol. The summed E-state index contributed by atoms with van der Waals surface area (Å²) in [7, 11) is 1.60. The van der Waals surface area contributed by atoms with E-state index >= 15 is 0 Å². The molecule has 0 bridgehead atoms. The smallest absolute Gasteiger partial charge is 0.251 e. The standard InChI is InChI=1S/C18H22N2O3S/c1-22-15-5-2-4-14(12-15)18(21)19-13-16(17-6-3-11-24-17)20-7-9-23-10-8-20/h2-6,11-12,16H,7-10,13H2,1H3,(H,19,21). The van der Waals surface area contributed by atoms with Crippen molar-refractivity contribution in [2.75, 3.05) is 40.0 Å². The number of nitrogens with one attached hydrogen (secondary N) is 1. The van der Waals surface area contributed by atoms with Gasteiger partial charge in [-0.2, -0.15) is 0 Å². The summed E-state index contributed by atoms with van der Waals surface area (Å²) in [5.74, 6) is 0.606. The zero-order chi connectivity index (χ0) is 16.8. The lowest BCUT2D eigenvalue weighted by atomic mass is 10.1. The predicted molar refractivity (Wildman–Crippen MR) is 94.8 cm³/mol. The Hall–Kier alpha value is -1.89. The summed E-state index contributed by atoms with van der Waals surface area (Å²) in [4.78, 5) is 16.1. The van der Waals surface area contributed by atoms with E-state index in [1.54, 1.807) is 30.6 Å². The van der Waals surface area contributed by atoms with Crippen molar-refractivity contribution in [1.29, 1.82) is 0 Å². The lowest BCUT2D eigenvalue weighted by Crippen LogP contribution is -2.43. The first-order valence-electron chi connectivity index (χ1n) is 8.05. The lowest BCUT2D eigenvalue weighted by Gasteiger charge is -2.34. The molecule has 1 aliphatic rings. The van der Waals surface area contributed by atoms with E-state index in [4.69, 9.17) is 9.47 Å². The van der Waals surface area contributed by atoms with Crippen molar-refractivity contribution < 1.29 is 14.3 Å². The number of morpholine rings is 1. The van der Waals surface area contributed by atoms with Crippen LogP contribution in [0, 0.1) is 0 Å². The molecule has 0 saturated carbocycles. The summed E-state index contributed by atoms with van der Waals surface area (Å²) in [6, 6.07) is 11.6. The fourth-order valence-corrected chi connectivity index (χ4v) is 3.70. The summed E-state index contributed by atoms with van der Waals surface area (Å²) >= 11 is 1.72.